The van der Waals surface area contributed by atoms with Gasteiger partial charge in [-0.25, -0.2) is 4.98 Å². The second kappa shape index (κ2) is 7.69. The van der Waals surface area contributed by atoms with Gasteiger partial charge < -0.3 is 4.90 Å². The van der Waals surface area contributed by atoms with Gasteiger partial charge in [0.15, 0.2) is 4.96 Å². The van der Waals surface area contributed by atoms with Crippen LogP contribution in [0.4, 0.5) is 0 Å². The second-order valence-corrected chi connectivity index (χ2v) is 8.67. The quantitative estimate of drug-likeness (QED) is 0.495. The Labute approximate surface area is 170 Å². The van der Waals surface area contributed by atoms with E-state index in [1.54, 1.807) is 29.5 Å². The summed E-state index contributed by atoms with van der Waals surface area (Å²) >= 11 is 3.06. The first-order valence-corrected chi connectivity index (χ1v) is 10.6. The number of thiazole rings is 1. The molecule has 0 aliphatic carbocycles. The maximum absolute atomic E-state index is 12.9. The molecule has 0 N–H and O–H groups in total. The predicted molar refractivity (Wildman–Crippen MR) is 113 cm³/mol. The van der Waals surface area contributed by atoms with E-state index in [0.29, 0.717) is 4.96 Å². The average Bonchev–Trinajstić information content (AvgIpc) is 3.37. The van der Waals surface area contributed by atoms with Gasteiger partial charge >= 0.3 is 0 Å². The van der Waals surface area contributed by atoms with Crippen LogP contribution in [0.1, 0.15) is 38.6 Å². The lowest BCUT2D eigenvalue weighted by Crippen LogP contribution is -2.34. The van der Waals surface area contributed by atoms with Crippen LogP contribution in [-0.2, 0) is 6.42 Å². The van der Waals surface area contributed by atoms with E-state index in [2.05, 4.69) is 17.1 Å². The van der Waals surface area contributed by atoms with E-state index in [1.807, 2.05) is 42.6 Å². The molecule has 3 heterocycles. The third-order valence-corrected chi connectivity index (χ3v) is 6.80. The first-order chi connectivity index (χ1) is 13.5. The van der Waals surface area contributed by atoms with Crippen molar-refractivity contribution in [1.82, 2.24) is 14.3 Å². The molecule has 7 heteroatoms. The van der Waals surface area contributed by atoms with Gasteiger partial charge in [0, 0.05) is 35.6 Å². The summed E-state index contributed by atoms with van der Waals surface area (Å²) in [5.41, 5.74) is 0.936. The van der Waals surface area contributed by atoms with Crippen molar-refractivity contribution in [3.05, 3.63) is 91.5 Å². The van der Waals surface area contributed by atoms with Crippen LogP contribution in [0.25, 0.3) is 4.96 Å². The molecule has 0 aliphatic rings. The molecule has 4 aromatic rings. The summed E-state index contributed by atoms with van der Waals surface area (Å²) in [4.78, 5) is 34.5. The smallest absolute Gasteiger partial charge is 0.271 e. The Bertz CT molecular complexity index is 1160. The van der Waals surface area contributed by atoms with Gasteiger partial charge in [-0.05, 0) is 23.9 Å². The first-order valence-electron chi connectivity index (χ1n) is 8.89. The Morgan fingerprint density at radius 2 is 2.00 bits per heavy atom. The number of amides is 1. The van der Waals surface area contributed by atoms with Crippen LogP contribution < -0.4 is 5.56 Å². The number of carbonyl (C=O) groups excluding carboxylic acids is 1. The third kappa shape index (κ3) is 3.50. The zero-order valence-corrected chi connectivity index (χ0v) is 17.2. The van der Waals surface area contributed by atoms with Crippen molar-refractivity contribution in [2.75, 3.05) is 7.05 Å². The highest BCUT2D eigenvalue weighted by molar-refractivity contribution is 7.17. The van der Waals surface area contributed by atoms with Crippen molar-refractivity contribution in [2.24, 2.45) is 0 Å². The van der Waals surface area contributed by atoms with Crippen molar-refractivity contribution in [3.8, 4) is 0 Å². The molecule has 1 amide bonds. The highest BCUT2D eigenvalue weighted by Crippen LogP contribution is 2.24. The fourth-order valence-electron chi connectivity index (χ4n) is 3.04. The van der Waals surface area contributed by atoms with Gasteiger partial charge in [-0.15, -0.1) is 22.7 Å². The van der Waals surface area contributed by atoms with Crippen molar-refractivity contribution in [1.29, 1.82) is 0 Å². The van der Waals surface area contributed by atoms with Crippen LogP contribution in [0.3, 0.4) is 0 Å². The van der Waals surface area contributed by atoms with E-state index in [0.717, 1.165) is 16.2 Å². The van der Waals surface area contributed by atoms with Crippen molar-refractivity contribution in [3.63, 3.8) is 0 Å². The molecule has 4 rings (SSSR count). The Kier molecular flexibility index (Phi) is 5.11. The number of carbonyl (C=O) groups is 1. The number of benzene rings is 1. The molecule has 1 aromatic carbocycles. The first kappa shape index (κ1) is 18.6. The average molecular weight is 410 g/mol. The molecule has 142 valence electrons. The Morgan fingerprint density at radius 3 is 2.71 bits per heavy atom. The molecule has 5 nitrogen and oxygen atoms in total. The van der Waals surface area contributed by atoms with Gasteiger partial charge in [-0.2, -0.15) is 0 Å². The largest absolute Gasteiger partial charge is 0.334 e. The van der Waals surface area contributed by atoms with Gasteiger partial charge in [-0.3, -0.25) is 14.0 Å². The second-order valence-electron chi connectivity index (χ2n) is 6.60. The van der Waals surface area contributed by atoms with Crippen LogP contribution in [0.2, 0.25) is 0 Å². The van der Waals surface area contributed by atoms with Crippen LogP contribution in [0.15, 0.2) is 65.0 Å². The summed E-state index contributed by atoms with van der Waals surface area (Å²) in [6.07, 6.45) is 3.93. The molecule has 0 saturated heterocycles. The number of hydrogen-bond donors (Lipinski definition) is 0. The molecular formula is C21H19N3O2S2. The van der Waals surface area contributed by atoms with Crippen LogP contribution in [-0.4, -0.2) is 27.2 Å². The highest BCUT2D eigenvalue weighted by atomic mass is 32.1. The number of thiophene rings is 1. The fourth-order valence-corrected chi connectivity index (χ4v) is 4.84. The van der Waals surface area contributed by atoms with Gasteiger partial charge in [-0.1, -0.05) is 36.4 Å². The topological polar surface area (TPSA) is 54.7 Å². The van der Waals surface area contributed by atoms with Gasteiger partial charge in [0.1, 0.15) is 5.56 Å². The third-order valence-electron chi connectivity index (χ3n) is 4.76. The van der Waals surface area contributed by atoms with E-state index >= 15 is 0 Å². The molecule has 3 aromatic heterocycles. The van der Waals surface area contributed by atoms with E-state index in [9.17, 15) is 9.59 Å². The van der Waals surface area contributed by atoms with E-state index in [4.69, 9.17) is 0 Å². The number of fused-ring (bicyclic) bond motifs is 1. The zero-order chi connectivity index (χ0) is 19.7. The molecule has 0 saturated carbocycles. The van der Waals surface area contributed by atoms with E-state index in [1.165, 1.54) is 27.5 Å². The molecule has 28 heavy (non-hydrogen) atoms. The zero-order valence-electron chi connectivity index (χ0n) is 15.5. The summed E-state index contributed by atoms with van der Waals surface area (Å²) in [5, 5.41) is 1.98. The van der Waals surface area contributed by atoms with Crippen LogP contribution in [0.5, 0.6) is 0 Å². The monoisotopic (exact) mass is 409 g/mol. The lowest BCUT2D eigenvalue weighted by Gasteiger charge is -2.23. The molecule has 0 fully saturated rings. The predicted octanol–water partition coefficient (Wildman–Crippen LogP) is 4.24. The SMILES string of the molecule is CC(c1cccs1)N(C)C(=O)c1cnc2sc(Cc3ccccc3)cn2c1=O. The Hall–Kier alpha value is -2.77. The molecule has 0 radical (unpaired) electrons. The van der Waals surface area contributed by atoms with Crippen molar-refractivity contribution >= 4 is 33.5 Å². The summed E-state index contributed by atoms with van der Waals surface area (Å²) in [5.74, 6) is -0.316. The van der Waals surface area contributed by atoms with Crippen LogP contribution >= 0.6 is 22.7 Å². The summed E-state index contributed by atoms with van der Waals surface area (Å²) in [6, 6.07) is 13.9. The normalized spacial score (nSPS) is 12.2. The Balaban J connectivity index is 1.64. The Morgan fingerprint density at radius 1 is 1.21 bits per heavy atom. The van der Waals surface area contributed by atoms with Crippen LogP contribution in [0, 0.1) is 0 Å². The van der Waals surface area contributed by atoms with Gasteiger partial charge in [0.05, 0.1) is 6.04 Å². The summed E-state index contributed by atoms with van der Waals surface area (Å²) < 4.78 is 1.49. The van der Waals surface area contributed by atoms with Gasteiger partial charge in [0.25, 0.3) is 11.5 Å². The lowest BCUT2D eigenvalue weighted by atomic mass is 10.1. The molecule has 1 unspecified atom stereocenters. The van der Waals surface area contributed by atoms with E-state index < -0.39 is 0 Å². The minimum atomic E-state index is -0.323. The molecule has 0 spiro atoms. The van der Waals surface area contributed by atoms with E-state index in [-0.39, 0.29) is 23.1 Å². The van der Waals surface area contributed by atoms with Gasteiger partial charge in [0.2, 0.25) is 0 Å². The number of hydrogen-bond acceptors (Lipinski definition) is 5. The highest BCUT2D eigenvalue weighted by Gasteiger charge is 2.23. The maximum atomic E-state index is 12.9. The minimum Gasteiger partial charge on any atom is -0.334 e. The lowest BCUT2D eigenvalue weighted by molar-refractivity contribution is 0.0742. The van der Waals surface area contributed by atoms with Crippen molar-refractivity contribution in [2.45, 2.75) is 19.4 Å². The standard InChI is InChI=1S/C21H19N3O2S2/c1-14(18-9-6-10-27-18)23(2)19(25)17-12-22-21-24(20(17)26)13-16(28-21)11-15-7-4-3-5-8-15/h3-10,12-14H,11H2,1-2H3. The summed E-state index contributed by atoms with van der Waals surface area (Å²) in [6.45, 7) is 1.95. The number of nitrogens with zero attached hydrogens (tertiary/aromatic N) is 3. The maximum Gasteiger partial charge on any atom is 0.271 e. The minimum absolute atomic E-state index is 0.0902. The van der Waals surface area contributed by atoms with Crippen molar-refractivity contribution < 1.29 is 4.79 Å². The summed E-state index contributed by atoms with van der Waals surface area (Å²) in [7, 11) is 1.72. The molecular weight excluding hydrogens is 390 g/mol. The molecule has 0 aliphatic heterocycles. The molecule has 0 bridgehead atoms. The fraction of sp³-hybridized carbons (Fsp3) is 0.190. The molecule has 1 atom stereocenters. The number of aromatic nitrogens is 2. The number of rotatable bonds is 5.